The Kier molecular flexibility index (Phi) is 3.66. The predicted octanol–water partition coefficient (Wildman–Crippen LogP) is 4.80. The molecule has 2 heteroatoms. The minimum atomic E-state index is -0.299. The first-order valence-electron chi connectivity index (χ1n) is 6.13. The van der Waals surface area contributed by atoms with Crippen LogP contribution in [0.1, 0.15) is 23.6 Å². The lowest BCUT2D eigenvalue weighted by Gasteiger charge is -2.12. The summed E-state index contributed by atoms with van der Waals surface area (Å²) in [6.07, 6.45) is 0.750. The third-order valence-corrected chi connectivity index (χ3v) is 2.89. The van der Waals surface area contributed by atoms with Gasteiger partial charge in [-0.1, -0.05) is 30.7 Å². The van der Waals surface area contributed by atoms with Crippen LogP contribution in [0.3, 0.4) is 0 Å². The van der Waals surface area contributed by atoms with Gasteiger partial charge in [0.05, 0.1) is 0 Å². The molecule has 0 saturated heterocycles. The third kappa shape index (κ3) is 2.70. The molecular weight excluding hydrogens is 227 g/mol. The van der Waals surface area contributed by atoms with Crippen LogP contribution in [0.2, 0.25) is 0 Å². The zero-order chi connectivity index (χ0) is 13.1. The normalized spacial score (nSPS) is 10.4. The summed E-state index contributed by atoms with van der Waals surface area (Å²) in [4.78, 5) is 0. The van der Waals surface area contributed by atoms with E-state index in [1.807, 2.05) is 51.1 Å². The Bertz CT molecular complexity index is 544. The molecule has 94 valence electrons. The molecule has 0 aliphatic heterocycles. The van der Waals surface area contributed by atoms with Crippen molar-refractivity contribution in [3.63, 3.8) is 0 Å². The summed E-state index contributed by atoms with van der Waals surface area (Å²) >= 11 is 0. The van der Waals surface area contributed by atoms with E-state index in [-0.39, 0.29) is 5.82 Å². The van der Waals surface area contributed by atoms with E-state index in [4.69, 9.17) is 4.74 Å². The molecule has 18 heavy (non-hydrogen) atoms. The summed E-state index contributed by atoms with van der Waals surface area (Å²) in [6.45, 7) is 5.89. The van der Waals surface area contributed by atoms with E-state index in [1.54, 1.807) is 0 Å². The van der Waals surface area contributed by atoms with Gasteiger partial charge in [-0.05, 0) is 49.6 Å². The van der Waals surface area contributed by atoms with E-state index in [0.717, 1.165) is 23.1 Å². The average molecular weight is 244 g/mol. The van der Waals surface area contributed by atoms with Gasteiger partial charge in [0.2, 0.25) is 0 Å². The maximum absolute atomic E-state index is 13.9. The summed E-state index contributed by atoms with van der Waals surface area (Å²) in [5, 5.41) is 0. The van der Waals surface area contributed by atoms with Crippen LogP contribution in [0.5, 0.6) is 11.5 Å². The molecule has 2 aromatic carbocycles. The van der Waals surface area contributed by atoms with Crippen LogP contribution in [0, 0.1) is 19.7 Å². The van der Waals surface area contributed by atoms with Crippen molar-refractivity contribution >= 4 is 0 Å². The van der Waals surface area contributed by atoms with Gasteiger partial charge in [0.25, 0.3) is 0 Å². The fraction of sp³-hybridized carbons (Fsp3) is 0.250. The second-order valence-corrected chi connectivity index (χ2v) is 4.50. The first-order valence-corrected chi connectivity index (χ1v) is 6.13. The lowest BCUT2D eigenvalue weighted by atomic mass is 10.1. The molecular formula is C16H17FO. The summed E-state index contributed by atoms with van der Waals surface area (Å²) in [5.41, 5.74) is 2.97. The van der Waals surface area contributed by atoms with Crippen molar-refractivity contribution in [3.8, 4) is 11.5 Å². The van der Waals surface area contributed by atoms with E-state index < -0.39 is 0 Å². The minimum absolute atomic E-state index is 0.299. The van der Waals surface area contributed by atoms with Gasteiger partial charge in [0.15, 0.2) is 11.6 Å². The molecule has 0 unspecified atom stereocenters. The Hall–Kier alpha value is -1.83. The van der Waals surface area contributed by atoms with Crippen LogP contribution in [0.15, 0.2) is 36.4 Å². The maximum atomic E-state index is 13.9. The SMILES string of the molecule is CCc1cc(C)cc(F)c1Oc1ccc(C)cc1. The first-order chi connectivity index (χ1) is 8.60. The second-order valence-electron chi connectivity index (χ2n) is 4.50. The fourth-order valence-corrected chi connectivity index (χ4v) is 1.90. The molecule has 0 aliphatic carbocycles. The van der Waals surface area contributed by atoms with Gasteiger partial charge in [0.1, 0.15) is 5.75 Å². The van der Waals surface area contributed by atoms with Crippen molar-refractivity contribution in [2.24, 2.45) is 0 Å². The van der Waals surface area contributed by atoms with Gasteiger partial charge in [0, 0.05) is 0 Å². The highest BCUT2D eigenvalue weighted by Crippen LogP contribution is 2.30. The number of benzene rings is 2. The molecule has 2 aromatic rings. The number of hydrogen-bond acceptors (Lipinski definition) is 1. The highest BCUT2D eigenvalue weighted by atomic mass is 19.1. The van der Waals surface area contributed by atoms with Gasteiger partial charge in [-0.15, -0.1) is 0 Å². The zero-order valence-corrected chi connectivity index (χ0v) is 11.0. The molecule has 0 amide bonds. The number of rotatable bonds is 3. The lowest BCUT2D eigenvalue weighted by molar-refractivity contribution is 0.436. The molecule has 1 nitrogen and oxygen atoms in total. The molecule has 0 bridgehead atoms. The van der Waals surface area contributed by atoms with Crippen LogP contribution in [-0.4, -0.2) is 0 Å². The van der Waals surface area contributed by atoms with Gasteiger partial charge < -0.3 is 4.74 Å². The van der Waals surface area contributed by atoms with Crippen molar-refractivity contribution in [1.82, 2.24) is 0 Å². The van der Waals surface area contributed by atoms with Gasteiger partial charge >= 0.3 is 0 Å². The molecule has 2 rings (SSSR count). The smallest absolute Gasteiger partial charge is 0.166 e. The Labute approximate surface area is 107 Å². The van der Waals surface area contributed by atoms with E-state index in [0.29, 0.717) is 11.5 Å². The largest absolute Gasteiger partial charge is 0.454 e. The number of aryl methyl sites for hydroxylation is 3. The highest BCUT2D eigenvalue weighted by Gasteiger charge is 2.11. The Morgan fingerprint density at radius 1 is 1.00 bits per heavy atom. The number of halogens is 1. The van der Waals surface area contributed by atoms with Gasteiger partial charge in [-0.3, -0.25) is 0 Å². The van der Waals surface area contributed by atoms with E-state index in [2.05, 4.69) is 0 Å². The molecule has 0 atom stereocenters. The van der Waals surface area contributed by atoms with Gasteiger partial charge in [-0.2, -0.15) is 0 Å². The van der Waals surface area contributed by atoms with E-state index in [1.165, 1.54) is 6.07 Å². The van der Waals surface area contributed by atoms with Crippen LogP contribution >= 0.6 is 0 Å². The predicted molar refractivity (Wildman–Crippen MR) is 71.8 cm³/mol. The van der Waals surface area contributed by atoms with Crippen molar-refractivity contribution in [2.45, 2.75) is 27.2 Å². The number of ether oxygens (including phenoxy) is 1. The number of hydrogen-bond donors (Lipinski definition) is 0. The summed E-state index contributed by atoms with van der Waals surface area (Å²) < 4.78 is 19.6. The van der Waals surface area contributed by atoms with Crippen molar-refractivity contribution in [2.75, 3.05) is 0 Å². The van der Waals surface area contributed by atoms with Gasteiger partial charge in [-0.25, -0.2) is 4.39 Å². The Morgan fingerprint density at radius 3 is 2.28 bits per heavy atom. The van der Waals surface area contributed by atoms with Crippen molar-refractivity contribution < 1.29 is 9.13 Å². The topological polar surface area (TPSA) is 9.23 Å². The molecule has 0 spiro atoms. The second kappa shape index (κ2) is 5.21. The van der Waals surface area contributed by atoms with Crippen LogP contribution in [0.25, 0.3) is 0 Å². The van der Waals surface area contributed by atoms with Crippen molar-refractivity contribution in [3.05, 3.63) is 58.9 Å². The highest BCUT2D eigenvalue weighted by molar-refractivity contribution is 5.42. The summed E-state index contributed by atoms with van der Waals surface area (Å²) in [7, 11) is 0. The molecule has 0 radical (unpaired) electrons. The van der Waals surface area contributed by atoms with Crippen LogP contribution in [0.4, 0.5) is 4.39 Å². The fourth-order valence-electron chi connectivity index (χ4n) is 1.90. The molecule has 0 saturated carbocycles. The molecule has 0 aliphatic rings. The average Bonchev–Trinajstić information content (AvgIpc) is 2.34. The zero-order valence-electron chi connectivity index (χ0n) is 11.0. The van der Waals surface area contributed by atoms with E-state index in [9.17, 15) is 4.39 Å². The Balaban J connectivity index is 2.36. The molecule has 0 fully saturated rings. The standard InChI is InChI=1S/C16H17FO/c1-4-13-9-12(3)10-15(17)16(13)18-14-7-5-11(2)6-8-14/h5-10H,4H2,1-3H3. The summed E-state index contributed by atoms with van der Waals surface area (Å²) in [5.74, 6) is 0.706. The third-order valence-electron chi connectivity index (χ3n) is 2.89. The quantitative estimate of drug-likeness (QED) is 0.753. The Morgan fingerprint density at radius 2 is 1.67 bits per heavy atom. The molecule has 0 heterocycles. The van der Waals surface area contributed by atoms with E-state index >= 15 is 0 Å². The summed E-state index contributed by atoms with van der Waals surface area (Å²) in [6, 6.07) is 11.1. The van der Waals surface area contributed by atoms with Crippen molar-refractivity contribution in [1.29, 1.82) is 0 Å². The van der Waals surface area contributed by atoms with Crippen LogP contribution in [-0.2, 0) is 6.42 Å². The maximum Gasteiger partial charge on any atom is 0.166 e. The molecule has 0 aromatic heterocycles. The first kappa shape index (κ1) is 12.6. The lowest BCUT2D eigenvalue weighted by Crippen LogP contribution is -1.95. The molecule has 0 N–H and O–H groups in total. The van der Waals surface area contributed by atoms with Crippen LogP contribution < -0.4 is 4.74 Å². The minimum Gasteiger partial charge on any atom is -0.454 e. The monoisotopic (exact) mass is 244 g/mol.